The van der Waals surface area contributed by atoms with Gasteiger partial charge >= 0.3 is 6.18 Å². The molecule has 0 radical (unpaired) electrons. The number of alkyl halides is 3. The van der Waals surface area contributed by atoms with Crippen LogP contribution in [0, 0.1) is 6.92 Å². The summed E-state index contributed by atoms with van der Waals surface area (Å²) in [5.41, 5.74) is 2.34. The van der Waals surface area contributed by atoms with E-state index >= 15 is 0 Å². The summed E-state index contributed by atoms with van der Waals surface area (Å²) >= 11 is 0. The normalized spacial score (nSPS) is 14.1. The second-order valence-electron chi connectivity index (χ2n) is 6.73. The Labute approximate surface area is 158 Å². The van der Waals surface area contributed by atoms with E-state index in [0.29, 0.717) is 15.9 Å². The highest BCUT2D eigenvalue weighted by molar-refractivity contribution is 5.96. The predicted molar refractivity (Wildman–Crippen MR) is 94.8 cm³/mol. The van der Waals surface area contributed by atoms with Gasteiger partial charge in [0.2, 0.25) is 5.82 Å². The van der Waals surface area contributed by atoms with Crippen LogP contribution < -0.4 is 5.32 Å². The number of aromatic nitrogens is 4. The molecule has 1 fully saturated rings. The highest BCUT2D eigenvalue weighted by Crippen LogP contribution is 2.30. The van der Waals surface area contributed by atoms with Crippen molar-refractivity contribution in [2.24, 2.45) is 0 Å². The van der Waals surface area contributed by atoms with Crippen molar-refractivity contribution in [1.29, 1.82) is 0 Å². The Balaban J connectivity index is 1.83. The third-order valence-electron chi connectivity index (χ3n) is 4.35. The van der Waals surface area contributed by atoms with Gasteiger partial charge in [0.1, 0.15) is 6.33 Å². The monoisotopic (exact) mass is 387 g/mol. The number of pyridine rings is 1. The molecular formula is C19H16F3N5O. The van der Waals surface area contributed by atoms with Gasteiger partial charge in [-0.3, -0.25) is 9.78 Å². The Morgan fingerprint density at radius 1 is 1.18 bits per heavy atom. The van der Waals surface area contributed by atoms with Crippen molar-refractivity contribution in [2.45, 2.75) is 32.0 Å². The molecule has 9 heteroatoms. The molecule has 144 valence electrons. The van der Waals surface area contributed by atoms with Crippen LogP contribution >= 0.6 is 0 Å². The minimum absolute atomic E-state index is 0.0886. The fraction of sp³-hybridized carbons (Fsp3) is 0.263. The molecule has 1 aliphatic carbocycles. The largest absolute Gasteiger partial charge is 0.451 e. The Kier molecular flexibility index (Phi) is 4.37. The summed E-state index contributed by atoms with van der Waals surface area (Å²) in [6.07, 6.45) is -0.380. The van der Waals surface area contributed by atoms with Crippen LogP contribution in [0.4, 0.5) is 13.2 Å². The lowest BCUT2D eigenvalue weighted by molar-refractivity contribution is -0.146. The van der Waals surface area contributed by atoms with E-state index in [4.69, 9.17) is 0 Å². The molecule has 28 heavy (non-hydrogen) atoms. The minimum Gasteiger partial charge on any atom is -0.349 e. The van der Waals surface area contributed by atoms with Gasteiger partial charge in [-0.05, 0) is 49.6 Å². The highest BCUT2D eigenvalue weighted by atomic mass is 19.4. The first-order valence-electron chi connectivity index (χ1n) is 8.68. The van der Waals surface area contributed by atoms with E-state index in [2.05, 4.69) is 20.4 Å². The summed E-state index contributed by atoms with van der Waals surface area (Å²) in [7, 11) is 0. The van der Waals surface area contributed by atoms with Crippen LogP contribution in [-0.4, -0.2) is 31.7 Å². The quantitative estimate of drug-likeness (QED) is 0.743. The molecule has 1 N–H and O–H groups in total. The van der Waals surface area contributed by atoms with Gasteiger partial charge < -0.3 is 5.32 Å². The van der Waals surface area contributed by atoms with Gasteiger partial charge in [0.15, 0.2) is 0 Å². The number of benzene rings is 1. The molecule has 0 saturated heterocycles. The molecule has 0 spiro atoms. The van der Waals surface area contributed by atoms with Gasteiger partial charge in [-0.2, -0.15) is 18.3 Å². The second-order valence-corrected chi connectivity index (χ2v) is 6.73. The molecule has 3 aromatic rings. The van der Waals surface area contributed by atoms with Crippen LogP contribution in [0.3, 0.4) is 0 Å². The average Bonchev–Trinajstić information content (AvgIpc) is 3.31. The molecule has 2 heterocycles. The fourth-order valence-corrected chi connectivity index (χ4v) is 2.77. The van der Waals surface area contributed by atoms with E-state index < -0.39 is 12.0 Å². The molecular weight excluding hydrogens is 371 g/mol. The van der Waals surface area contributed by atoms with Crippen LogP contribution in [0.2, 0.25) is 0 Å². The highest BCUT2D eigenvalue weighted by Gasteiger charge is 2.37. The van der Waals surface area contributed by atoms with Crippen LogP contribution in [0.25, 0.3) is 16.9 Å². The van der Waals surface area contributed by atoms with Gasteiger partial charge in [0.05, 0.1) is 11.4 Å². The molecule has 0 aliphatic heterocycles. The van der Waals surface area contributed by atoms with E-state index in [0.717, 1.165) is 24.7 Å². The number of hydrogen-bond donors (Lipinski definition) is 1. The van der Waals surface area contributed by atoms with Crippen molar-refractivity contribution in [3.05, 3.63) is 59.8 Å². The summed E-state index contributed by atoms with van der Waals surface area (Å²) < 4.78 is 40.5. The van der Waals surface area contributed by atoms with E-state index in [1.165, 1.54) is 12.1 Å². The Bertz CT molecular complexity index is 1020. The smallest absolute Gasteiger partial charge is 0.349 e. The van der Waals surface area contributed by atoms with Crippen molar-refractivity contribution >= 4 is 5.91 Å². The molecule has 0 bridgehead atoms. The van der Waals surface area contributed by atoms with Crippen molar-refractivity contribution in [3.63, 3.8) is 0 Å². The summed E-state index contributed by atoms with van der Waals surface area (Å²) in [5, 5.41) is 6.56. The standard InChI is InChI=1S/C19H16F3N5O/c1-11-2-5-16(23-9-11)12-6-13(17(28)26-14-3-4-14)8-15(7-12)27-18(19(20,21)22)24-10-25-27/h2,5-10,14H,3-4H2,1H3,(H,26,28). The lowest BCUT2D eigenvalue weighted by Gasteiger charge is -2.13. The third kappa shape index (κ3) is 3.73. The molecule has 1 aromatic carbocycles. The maximum absolute atomic E-state index is 13.3. The van der Waals surface area contributed by atoms with E-state index in [1.54, 1.807) is 18.3 Å². The maximum Gasteiger partial charge on any atom is 0.451 e. The first-order valence-corrected chi connectivity index (χ1v) is 8.68. The van der Waals surface area contributed by atoms with E-state index in [9.17, 15) is 18.0 Å². The Morgan fingerprint density at radius 2 is 1.96 bits per heavy atom. The third-order valence-corrected chi connectivity index (χ3v) is 4.35. The van der Waals surface area contributed by atoms with Crippen LogP contribution in [-0.2, 0) is 6.18 Å². The molecule has 1 saturated carbocycles. The van der Waals surface area contributed by atoms with Crippen molar-refractivity contribution in [3.8, 4) is 16.9 Å². The molecule has 6 nitrogen and oxygen atoms in total. The number of carbonyl (C=O) groups excluding carboxylic acids is 1. The number of amides is 1. The summed E-state index contributed by atoms with van der Waals surface area (Å²) in [6.45, 7) is 1.88. The number of nitrogens with zero attached hydrogens (tertiary/aromatic N) is 4. The van der Waals surface area contributed by atoms with E-state index in [-0.39, 0.29) is 23.2 Å². The topological polar surface area (TPSA) is 72.7 Å². The first kappa shape index (κ1) is 18.1. The number of halogens is 3. The van der Waals surface area contributed by atoms with Gasteiger partial charge in [-0.1, -0.05) is 6.07 Å². The van der Waals surface area contributed by atoms with Crippen LogP contribution in [0.5, 0.6) is 0 Å². The lowest BCUT2D eigenvalue weighted by atomic mass is 10.0. The Hall–Kier alpha value is -3.23. The summed E-state index contributed by atoms with van der Waals surface area (Å²) in [6, 6.07) is 8.21. The number of aryl methyl sites for hydroxylation is 1. The molecule has 1 amide bonds. The molecule has 4 rings (SSSR count). The number of hydrogen-bond acceptors (Lipinski definition) is 4. The van der Waals surface area contributed by atoms with Gasteiger partial charge in [-0.25, -0.2) is 9.67 Å². The van der Waals surface area contributed by atoms with Crippen LogP contribution in [0.1, 0.15) is 34.6 Å². The van der Waals surface area contributed by atoms with E-state index in [1.807, 2.05) is 13.0 Å². The van der Waals surface area contributed by atoms with Crippen molar-refractivity contribution in [2.75, 3.05) is 0 Å². The lowest BCUT2D eigenvalue weighted by Crippen LogP contribution is -2.25. The molecule has 0 unspecified atom stereocenters. The zero-order valence-corrected chi connectivity index (χ0v) is 14.9. The molecule has 0 atom stereocenters. The SMILES string of the molecule is Cc1ccc(-c2cc(C(=O)NC3CC3)cc(-n3ncnc3C(F)(F)F)c2)nc1. The minimum atomic E-state index is -4.68. The predicted octanol–water partition coefficient (Wildman–Crippen LogP) is 3.55. The maximum atomic E-state index is 13.3. The van der Waals surface area contributed by atoms with Crippen molar-refractivity contribution in [1.82, 2.24) is 25.1 Å². The summed E-state index contributed by atoms with van der Waals surface area (Å²) in [5.74, 6) is -1.50. The zero-order valence-electron chi connectivity index (χ0n) is 14.9. The summed E-state index contributed by atoms with van der Waals surface area (Å²) in [4.78, 5) is 20.2. The zero-order chi connectivity index (χ0) is 19.9. The number of carbonyl (C=O) groups is 1. The van der Waals surface area contributed by atoms with Gasteiger partial charge in [0, 0.05) is 23.4 Å². The molecule has 1 aliphatic rings. The number of nitrogens with one attached hydrogen (secondary N) is 1. The van der Waals surface area contributed by atoms with Crippen molar-refractivity contribution < 1.29 is 18.0 Å². The Morgan fingerprint density at radius 3 is 2.61 bits per heavy atom. The van der Waals surface area contributed by atoms with Crippen LogP contribution in [0.15, 0.2) is 42.9 Å². The van der Waals surface area contributed by atoms with Gasteiger partial charge in [0.25, 0.3) is 5.91 Å². The molecule has 2 aromatic heterocycles. The second kappa shape index (κ2) is 6.74. The fourth-order valence-electron chi connectivity index (χ4n) is 2.77. The average molecular weight is 387 g/mol. The van der Waals surface area contributed by atoms with Gasteiger partial charge in [-0.15, -0.1) is 0 Å². The number of rotatable bonds is 4. The first-order chi connectivity index (χ1) is 13.3.